The van der Waals surface area contributed by atoms with Crippen LogP contribution < -0.4 is 10.1 Å². The Morgan fingerprint density at radius 3 is 2.78 bits per heavy atom. The fraction of sp³-hybridized carbons (Fsp3) is 0.562. The average molecular weight is 341 g/mol. The summed E-state index contributed by atoms with van der Waals surface area (Å²) in [6.07, 6.45) is 4.26. The smallest absolute Gasteiger partial charge is 0.242 e. The summed E-state index contributed by atoms with van der Waals surface area (Å²) in [7, 11) is -3.44. The van der Waals surface area contributed by atoms with E-state index in [1.54, 1.807) is 24.3 Å². The summed E-state index contributed by atoms with van der Waals surface area (Å²) in [5, 5.41) is 1.51. The SMILES string of the molecule is C[C@@H](C(=O)Nc1ccccc1OC[C@@H]1CCCCO1)S(C)(=O)=O. The Balaban J connectivity index is 2.00. The van der Waals surface area contributed by atoms with Crippen LogP contribution in [-0.4, -0.2) is 45.1 Å². The van der Waals surface area contributed by atoms with Crippen LogP contribution in [-0.2, 0) is 19.4 Å². The number of benzene rings is 1. The van der Waals surface area contributed by atoms with Gasteiger partial charge in [-0.1, -0.05) is 12.1 Å². The van der Waals surface area contributed by atoms with Crippen LogP contribution in [0.4, 0.5) is 5.69 Å². The Morgan fingerprint density at radius 1 is 1.39 bits per heavy atom. The molecule has 0 aliphatic carbocycles. The zero-order valence-electron chi connectivity index (χ0n) is 13.4. The molecule has 1 aromatic carbocycles. The Kier molecular flexibility index (Phi) is 6.01. The molecule has 6 nitrogen and oxygen atoms in total. The van der Waals surface area contributed by atoms with Crippen LogP contribution >= 0.6 is 0 Å². The van der Waals surface area contributed by atoms with Gasteiger partial charge in [-0.3, -0.25) is 4.79 Å². The van der Waals surface area contributed by atoms with E-state index >= 15 is 0 Å². The predicted octanol–water partition coefficient (Wildman–Crippen LogP) is 2.01. The summed E-state index contributed by atoms with van der Waals surface area (Å²) in [6, 6.07) is 6.98. The average Bonchev–Trinajstić information content (AvgIpc) is 2.53. The molecule has 23 heavy (non-hydrogen) atoms. The van der Waals surface area contributed by atoms with Crippen molar-refractivity contribution in [3.8, 4) is 5.75 Å². The van der Waals surface area contributed by atoms with Crippen molar-refractivity contribution in [3.05, 3.63) is 24.3 Å². The Bertz CT molecular complexity index is 638. The first-order valence-corrected chi connectivity index (χ1v) is 9.66. The zero-order valence-corrected chi connectivity index (χ0v) is 14.3. The summed E-state index contributed by atoms with van der Waals surface area (Å²) in [6.45, 7) is 2.52. The zero-order chi connectivity index (χ0) is 16.9. The molecule has 0 aromatic heterocycles. The highest BCUT2D eigenvalue weighted by molar-refractivity contribution is 7.92. The predicted molar refractivity (Wildman–Crippen MR) is 88.5 cm³/mol. The molecule has 0 spiro atoms. The lowest BCUT2D eigenvalue weighted by atomic mass is 10.1. The molecule has 1 amide bonds. The third-order valence-corrected chi connectivity index (χ3v) is 5.35. The van der Waals surface area contributed by atoms with E-state index in [1.807, 2.05) is 0 Å². The molecule has 0 radical (unpaired) electrons. The van der Waals surface area contributed by atoms with Crippen LogP contribution in [0.5, 0.6) is 5.75 Å². The van der Waals surface area contributed by atoms with E-state index in [1.165, 1.54) is 6.92 Å². The van der Waals surface area contributed by atoms with Crippen LogP contribution in [0.3, 0.4) is 0 Å². The number of rotatable bonds is 6. The van der Waals surface area contributed by atoms with E-state index < -0.39 is 21.0 Å². The first-order chi connectivity index (χ1) is 10.9. The van der Waals surface area contributed by atoms with Crippen molar-refractivity contribution in [2.45, 2.75) is 37.5 Å². The van der Waals surface area contributed by atoms with E-state index in [0.29, 0.717) is 18.0 Å². The van der Waals surface area contributed by atoms with E-state index in [-0.39, 0.29) is 6.10 Å². The molecule has 0 bridgehead atoms. The molecule has 1 heterocycles. The fourth-order valence-corrected chi connectivity index (χ4v) is 2.69. The topological polar surface area (TPSA) is 81.7 Å². The van der Waals surface area contributed by atoms with Gasteiger partial charge in [-0.25, -0.2) is 8.42 Å². The molecule has 0 unspecified atom stereocenters. The van der Waals surface area contributed by atoms with Crippen LogP contribution in [0, 0.1) is 0 Å². The number of carbonyl (C=O) groups excluding carboxylic acids is 1. The first-order valence-electron chi connectivity index (χ1n) is 7.71. The van der Waals surface area contributed by atoms with Crippen molar-refractivity contribution >= 4 is 21.4 Å². The third-order valence-electron chi connectivity index (χ3n) is 3.86. The van der Waals surface area contributed by atoms with Gasteiger partial charge >= 0.3 is 0 Å². The minimum absolute atomic E-state index is 0.0578. The molecule has 128 valence electrons. The first kappa shape index (κ1) is 17.7. The highest BCUT2D eigenvalue weighted by atomic mass is 32.2. The highest BCUT2D eigenvalue weighted by Crippen LogP contribution is 2.25. The lowest BCUT2D eigenvalue weighted by Crippen LogP contribution is -2.32. The lowest BCUT2D eigenvalue weighted by molar-refractivity contribution is -0.115. The van der Waals surface area contributed by atoms with Gasteiger partial charge in [0.15, 0.2) is 9.84 Å². The summed E-state index contributed by atoms with van der Waals surface area (Å²) in [4.78, 5) is 12.0. The van der Waals surface area contributed by atoms with Crippen molar-refractivity contribution in [2.75, 3.05) is 24.8 Å². The molecule has 1 aromatic rings. The molecular formula is C16H23NO5S. The van der Waals surface area contributed by atoms with Gasteiger partial charge in [0.25, 0.3) is 0 Å². The normalized spacial score (nSPS) is 19.8. The van der Waals surface area contributed by atoms with Crippen molar-refractivity contribution in [2.24, 2.45) is 0 Å². The summed E-state index contributed by atoms with van der Waals surface area (Å²) in [5.41, 5.74) is 0.462. The number of ether oxygens (including phenoxy) is 2. The fourth-order valence-electron chi connectivity index (χ4n) is 2.25. The number of hydrogen-bond acceptors (Lipinski definition) is 5. The molecule has 0 saturated carbocycles. The molecule has 2 atom stereocenters. The third kappa shape index (κ3) is 5.21. The van der Waals surface area contributed by atoms with Crippen LogP contribution in [0.2, 0.25) is 0 Å². The Labute approximate surface area is 137 Å². The van der Waals surface area contributed by atoms with Crippen molar-refractivity contribution < 1.29 is 22.7 Å². The number of carbonyl (C=O) groups is 1. The van der Waals surface area contributed by atoms with Gasteiger partial charge in [-0.15, -0.1) is 0 Å². The van der Waals surface area contributed by atoms with Gasteiger partial charge in [0.2, 0.25) is 5.91 Å². The van der Waals surface area contributed by atoms with Gasteiger partial charge in [0.1, 0.15) is 17.6 Å². The molecule has 1 aliphatic rings. The van der Waals surface area contributed by atoms with E-state index in [0.717, 1.165) is 32.1 Å². The van der Waals surface area contributed by atoms with E-state index in [2.05, 4.69) is 5.32 Å². The number of hydrogen-bond donors (Lipinski definition) is 1. The van der Waals surface area contributed by atoms with Gasteiger partial charge in [0, 0.05) is 12.9 Å². The number of para-hydroxylation sites is 2. The molecule has 1 saturated heterocycles. The van der Waals surface area contributed by atoms with Crippen molar-refractivity contribution in [3.63, 3.8) is 0 Å². The number of nitrogens with one attached hydrogen (secondary N) is 1. The van der Waals surface area contributed by atoms with Gasteiger partial charge < -0.3 is 14.8 Å². The minimum atomic E-state index is -3.44. The summed E-state index contributed by atoms with van der Waals surface area (Å²) >= 11 is 0. The number of amides is 1. The summed E-state index contributed by atoms with van der Waals surface area (Å²) in [5.74, 6) is -0.0619. The van der Waals surface area contributed by atoms with Crippen molar-refractivity contribution in [1.82, 2.24) is 0 Å². The summed E-state index contributed by atoms with van der Waals surface area (Å²) < 4.78 is 34.3. The maximum atomic E-state index is 12.0. The molecule has 1 aliphatic heterocycles. The standard InChI is InChI=1S/C16H23NO5S/c1-12(23(2,19)20)16(18)17-14-8-3-4-9-15(14)22-11-13-7-5-6-10-21-13/h3-4,8-9,12-13H,5-7,10-11H2,1-2H3,(H,17,18)/t12-,13-/m0/s1. The second-order valence-electron chi connectivity index (χ2n) is 5.76. The largest absolute Gasteiger partial charge is 0.489 e. The van der Waals surface area contributed by atoms with Crippen LogP contribution in [0.1, 0.15) is 26.2 Å². The minimum Gasteiger partial charge on any atom is -0.489 e. The van der Waals surface area contributed by atoms with E-state index in [4.69, 9.17) is 9.47 Å². The Morgan fingerprint density at radius 2 is 2.13 bits per heavy atom. The molecule has 7 heteroatoms. The van der Waals surface area contributed by atoms with Gasteiger partial charge in [-0.05, 0) is 38.3 Å². The van der Waals surface area contributed by atoms with Crippen molar-refractivity contribution in [1.29, 1.82) is 0 Å². The quantitative estimate of drug-likeness (QED) is 0.856. The highest BCUT2D eigenvalue weighted by Gasteiger charge is 2.24. The van der Waals surface area contributed by atoms with Crippen LogP contribution in [0.25, 0.3) is 0 Å². The monoisotopic (exact) mass is 341 g/mol. The number of anilines is 1. The molecular weight excluding hydrogens is 318 g/mol. The molecule has 1 fully saturated rings. The Hall–Kier alpha value is -1.60. The maximum absolute atomic E-state index is 12.0. The van der Waals surface area contributed by atoms with Gasteiger partial charge in [0.05, 0.1) is 11.8 Å². The maximum Gasteiger partial charge on any atom is 0.242 e. The molecule has 1 N–H and O–H groups in total. The molecule has 2 rings (SSSR count). The van der Waals surface area contributed by atoms with Crippen LogP contribution in [0.15, 0.2) is 24.3 Å². The van der Waals surface area contributed by atoms with E-state index in [9.17, 15) is 13.2 Å². The van der Waals surface area contributed by atoms with Gasteiger partial charge in [-0.2, -0.15) is 0 Å². The number of sulfone groups is 1. The second-order valence-corrected chi connectivity index (χ2v) is 8.12. The second kappa shape index (κ2) is 7.79. The lowest BCUT2D eigenvalue weighted by Gasteiger charge is -2.23.